The maximum atomic E-state index is 13.6. The molecule has 6 heteroatoms. The first kappa shape index (κ1) is 20.4. The van der Waals surface area contributed by atoms with Crippen LogP contribution in [0.1, 0.15) is 24.2 Å². The number of nitrogens with zero attached hydrogens (tertiary/aromatic N) is 1. The number of nitrogens with one attached hydrogen (secondary N) is 2. The predicted octanol–water partition coefficient (Wildman–Crippen LogP) is 3.23. The minimum absolute atomic E-state index is 0. The van der Waals surface area contributed by atoms with Crippen LogP contribution in [0, 0.1) is 5.82 Å². The van der Waals surface area contributed by atoms with E-state index in [0.29, 0.717) is 19.0 Å². The van der Waals surface area contributed by atoms with Gasteiger partial charge in [0.25, 0.3) is 0 Å². The lowest BCUT2D eigenvalue weighted by Crippen LogP contribution is -2.39. The van der Waals surface area contributed by atoms with Gasteiger partial charge in [-0.2, -0.15) is 0 Å². The summed E-state index contributed by atoms with van der Waals surface area (Å²) in [6.45, 7) is 3.39. The molecule has 0 spiro atoms. The number of hydrogen-bond acceptors (Lipinski definition) is 2. The number of rotatable bonds is 6. The molecule has 1 atom stereocenters. The average Bonchev–Trinajstić information content (AvgIpc) is 2.58. The van der Waals surface area contributed by atoms with Crippen LogP contribution in [0.25, 0.3) is 0 Å². The number of hydrogen-bond donors (Lipinski definition) is 3. The monoisotopic (exact) mass is 443 g/mol. The van der Waals surface area contributed by atoms with E-state index in [1.165, 1.54) is 6.07 Å². The van der Waals surface area contributed by atoms with E-state index < -0.39 is 11.9 Å². The first-order valence-electron chi connectivity index (χ1n) is 7.69. The first-order chi connectivity index (χ1) is 11.2. The van der Waals surface area contributed by atoms with Crippen LogP contribution in [0.15, 0.2) is 59.6 Å². The summed E-state index contributed by atoms with van der Waals surface area (Å²) < 4.78 is 13.6. The van der Waals surface area contributed by atoms with Gasteiger partial charge in [-0.05, 0) is 18.6 Å². The van der Waals surface area contributed by atoms with Crippen LogP contribution >= 0.6 is 24.0 Å². The first-order valence-corrected chi connectivity index (χ1v) is 7.69. The van der Waals surface area contributed by atoms with Gasteiger partial charge in [0.2, 0.25) is 0 Å². The summed E-state index contributed by atoms with van der Waals surface area (Å²) in [6, 6.07) is 16.1. The van der Waals surface area contributed by atoms with Gasteiger partial charge in [-0.3, -0.25) is 0 Å². The van der Waals surface area contributed by atoms with Gasteiger partial charge in [-0.25, -0.2) is 9.38 Å². The number of benzene rings is 2. The lowest BCUT2D eigenvalue weighted by molar-refractivity contribution is 0.176. The number of aliphatic hydroxyl groups excluding tert-OH is 1. The van der Waals surface area contributed by atoms with Gasteiger partial charge in [0, 0.05) is 18.7 Å². The van der Waals surface area contributed by atoms with Crippen molar-refractivity contribution in [3.05, 3.63) is 71.5 Å². The van der Waals surface area contributed by atoms with Crippen LogP contribution in [0.2, 0.25) is 0 Å². The molecule has 0 aliphatic carbocycles. The molecule has 4 nitrogen and oxygen atoms in total. The zero-order chi connectivity index (χ0) is 16.5. The molecule has 2 aromatic rings. The average molecular weight is 443 g/mol. The lowest BCUT2D eigenvalue weighted by atomic mass is 10.1. The fourth-order valence-corrected chi connectivity index (χ4v) is 2.14. The Bertz CT molecular complexity index is 637. The third kappa shape index (κ3) is 6.45. The van der Waals surface area contributed by atoms with Gasteiger partial charge >= 0.3 is 0 Å². The van der Waals surface area contributed by atoms with E-state index >= 15 is 0 Å². The summed E-state index contributed by atoms with van der Waals surface area (Å²) in [5.41, 5.74) is 1.37. The quantitative estimate of drug-likeness (QED) is 0.365. The van der Waals surface area contributed by atoms with Crippen molar-refractivity contribution in [1.82, 2.24) is 10.6 Å². The van der Waals surface area contributed by atoms with Crippen LogP contribution in [-0.4, -0.2) is 24.2 Å². The Morgan fingerprint density at radius 2 is 1.75 bits per heavy atom. The van der Waals surface area contributed by atoms with Gasteiger partial charge in [0.15, 0.2) is 5.96 Å². The largest absolute Gasteiger partial charge is 0.386 e. The van der Waals surface area contributed by atoms with Crippen LogP contribution in [0.3, 0.4) is 0 Å². The topological polar surface area (TPSA) is 56.7 Å². The van der Waals surface area contributed by atoms with E-state index in [9.17, 15) is 9.50 Å². The van der Waals surface area contributed by atoms with Crippen LogP contribution < -0.4 is 10.6 Å². The molecular formula is C18H23FIN3O. The van der Waals surface area contributed by atoms with Gasteiger partial charge in [0.1, 0.15) is 5.82 Å². The molecule has 2 rings (SSSR count). The molecule has 2 aromatic carbocycles. The lowest BCUT2D eigenvalue weighted by Gasteiger charge is -2.16. The molecule has 0 saturated carbocycles. The number of aliphatic hydroxyl groups is 1. The van der Waals surface area contributed by atoms with E-state index in [2.05, 4.69) is 15.6 Å². The number of aliphatic imine (C=N–C) groups is 1. The molecule has 0 bridgehead atoms. The van der Waals surface area contributed by atoms with E-state index in [-0.39, 0.29) is 36.1 Å². The van der Waals surface area contributed by atoms with Crippen molar-refractivity contribution >= 4 is 29.9 Å². The number of halogens is 2. The summed E-state index contributed by atoms with van der Waals surface area (Å²) >= 11 is 0. The molecule has 0 radical (unpaired) electrons. The van der Waals surface area contributed by atoms with E-state index in [0.717, 1.165) is 5.56 Å². The highest BCUT2D eigenvalue weighted by Crippen LogP contribution is 2.15. The van der Waals surface area contributed by atoms with Crippen molar-refractivity contribution in [2.75, 3.05) is 13.1 Å². The molecule has 130 valence electrons. The molecule has 0 fully saturated rings. The Hall–Kier alpha value is -1.67. The van der Waals surface area contributed by atoms with Gasteiger partial charge in [-0.1, -0.05) is 48.5 Å². The summed E-state index contributed by atoms with van der Waals surface area (Å²) in [7, 11) is 0. The maximum Gasteiger partial charge on any atom is 0.191 e. The predicted molar refractivity (Wildman–Crippen MR) is 106 cm³/mol. The summed E-state index contributed by atoms with van der Waals surface area (Å²) in [6.07, 6.45) is -0.934. The Morgan fingerprint density at radius 1 is 1.08 bits per heavy atom. The Morgan fingerprint density at radius 3 is 2.42 bits per heavy atom. The van der Waals surface area contributed by atoms with Crippen LogP contribution in [-0.2, 0) is 6.54 Å². The number of guanidine groups is 1. The SMILES string of the molecule is CCNC(=NCc1ccccc1)NCC(O)c1ccccc1F.I. The highest BCUT2D eigenvalue weighted by Gasteiger charge is 2.12. The summed E-state index contributed by atoms with van der Waals surface area (Å²) in [5.74, 6) is 0.180. The highest BCUT2D eigenvalue weighted by atomic mass is 127. The van der Waals surface area contributed by atoms with Gasteiger partial charge in [-0.15, -0.1) is 24.0 Å². The second-order valence-corrected chi connectivity index (χ2v) is 5.10. The fourth-order valence-electron chi connectivity index (χ4n) is 2.14. The van der Waals surface area contributed by atoms with Crippen LogP contribution in [0.4, 0.5) is 4.39 Å². The fraction of sp³-hybridized carbons (Fsp3) is 0.278. The Kier molecular flexibility index (Phi) is 9.33. The molecule has 24 heavy (non-hydrogen) atoms. The summed E-state index contributed by atoms with van der Waals surface area (Å²) in [4.78, 5) is 4.46. The van der Waals surface area contributed by atoms with Crippen molar-refractivity contribution in [3.8, 4) is 0 Å². The van der Waals surface area contributed by atoms with Crippen LogP contribution in [0.5, 0.6) is 0 Å². The third-order valence-electron chi connectivity index (χ3n) is 3.33. The van der Waals surface area contributed by atoms with E-state index in [1.54, 1.807) is 18.2 Å². The molecule has 1 unspecified atom stereocenters. The standard InChI is InChI=1S/C18H22FN3O.HI/c1-2-20-18(21-12-14-8-4-3-5-9-14)22-13-17(23)15-10-6-7-11-16(15)19;/h3-11,17,23H,2,12-13H2,1H3,(H2,20,21,22);1H. The molecule has 3 N–H and O–H groups in total. The van der Waals surface area contributed by atoms with Crippen molar-refractivity contribution in [3.63, 3.8) is 0 Å². The molecule has 0 amide bonds. The highest BCUT2D eigenvalue weighted by molar-refractivity contribution is 14.0. The van der Waals surface area contributed by atoms with E-state index in [4.69, 9.17) is 0 Å². The zero-order valence-corrected chi connectivity index (χ0v) is 15.9. The summed E-state index contributed by atoms with van der Waals surface area (Å²) in [5, 5.41) is 16.3. The van der Waals surface area contributed by atoms with Gasteiger partial charge in [0.05, 0.1) is 12.6 Å². The molecule has 0 aliphatic heterocycles. The third-order valence-corrected chi connectivity index (χ3v) is 3.33. The molecular weight excluding hydrogens is 420 g/mol. The van der Waals surface area contributed by atoms with Crippen molar-refractivity contribution in [2.45, 2.75) is 19.6 Å². The van der Waals surface area contributed by atoms with Crippen molar-refractivity contribution in [2.24, 2.45) is 4.99 Å². The normalized spacial score (nSPS) is 12.2. The zero-order valence-electron chi connectivity index (χ0n) is 13.6. The molecule has 0 heterocycles. The minimum atomic E-state index is -0.934. The Labute approximate surface area is 159 Å². The van der Waals surface area contributed by atoms with E-state index in [1.807, 2.05) is 37.3 Å². The van der Waals surface area contributed by atoms with Crippen molar-refractivity contribution in [1.29, 1.82) is 0 Å². The minimum Gasteiger partial charge on any atom is -0.386 e. The molecule has 0 aromatic heterocycles. The second kappa shape index (κ2) is 11.0. The van der Waals surface area contributed by atoms with Gasteiger partial charge < -0.3 is 15.7 Å². The second-order valence-electron chi connectivity index (χ2n) is 5.10. The maximum absolute atomic E-state index is 13.6. The smallest absolute Gasteiger partial charge is 0.191 e. The van der Waals surface area contributed by atoms with Crippen molar-refractivity contribution < 1.29 is 9.50 Å². The Balaban J connectivity index is 0.00000288. The molecule has 0 aliphatic rings. The molecule has 0 saturated heterocycles.